The Labute approximate surface area is 141 Å². The van der Waals surface area contributed by atoms with Gasteiger partial charge in [-0.2, -0.15) is 5.10 Å². The number of hydrogen-bond donors (Lipinski definition) is 0. The van der Waals surface area contributed by atoms with E-state index in [1.54, 1.807) is 5.01 Å². The maximum absolute atomic E-state index is 12.6. The van der Waals surface area contributed by atoms with Crippen LogP contribution in [0.4, 0.5) is 0 Å². The third-order valence-corrected chi connectivity index (χ3v) is 4.61. The number of hydrazone groups is 1. The molecule has 5 heteroatoms. The van der Waals surface area contributed by atoms with Gasteiger partial charge in [0.15, 0.2) is 0 Å². The second kappa shape index (κ2) is 6.53. The third kappa shape index (κ3) is 3.08. The van der Waals surface area contributed by atoms with Gasteiger partial charge in [0.2, 0.25) is 0 Å². The number of amides is 1. The Bertz CT molecular complexity index is 744. The Balaban J connectivity index is 1.44. The molecule has 24 heavy (non-hydrogen) atoms. The Morgan fingerprint density at radius 2 is 1.88 bits per heavy atom. The van der Waals surface area contributed by atoms with Gasteiger partial charge in [0.05, 0.1) is 23.9 Å². The molecule has 1 aromatic carbocycles. The summed E-state index contributed by atoms with van der Waals surface area (Å²) in [4.78, 5) is 19.3. The van der Waals surface area contributed by atoms with E-state index in [9.17, 15) is 4.79 Å². The van der Waals surface area contributed by atoms with Crippen LogP contribution in [-0.2, 0) is 17.9 Å². The molecule has 1 atom stereocenters. The van der Waals surface area contributed by atoms with Crippen LogP contribution in [0.3, 0.4) is 0 Å². The second-order valence-electron chi connectivity index (χ2n) is 6.35. The van der Waals surface area contributed by atoms with Crippen LogP contribution in [0.5, 0.6) is 0 Å². The summed E-state index contributed by atoms with van der Waals surface area (Å²) >= 11 is 0. The van der Waals surface area contributed by atoms with Crippen molar-refractivity contribution in [3.8, 4) is 0 Å². The lowest BCUT2D eigenvalue weighted by atomic mass is 9.94. The standard InChI is InChI=1S/C19H20N4O/c24-19-17-9-11-22(13-16-8-4-5-10-20-16)14-18(17)21-23(19)12-15-6-2-1-3-7-15/h1-8,10,17H,9,11-14H2. The van der Waals surface area contributed by atoms with Gasteiger partial charge in [0.25, 0.3) is 5.91 Å². The van der Waals surface area contributed by atoms with E-state index in [-0.39, 0.29) is 11.8 Å². The molecule has 1 unspecified atom stereocenters. The number of rotatable bonds is 4. The smallest absolute Gasteiger partial charge is 0.251 e. The highest BCUT2D eigenvalue weighted by molar-refractivity contribution is 6.09. The molecule has 0 N–H and O–H groups in total. The van der Waals surface area contributed by atoms with E-state index in [2.05, 4.69) is 15.0 Å². The topological polar surface area (TPSA) is 48.8 Å². The Hall–Kier alpha value is -2.53. The first-order valence-corrected chi connectivity index (χ1v) is 8.34. The van der Waals surface area contributed by atoms with E-state index in [0.29, 0.717) is 6.54 Å². The van der Waals surface area contributed by atoms with Gasteiger partial charge in [-0.25, -0.2) is 5.01 Å². The number of fused-ring (bicyclic) bond motifs is 1. The fourth-order valence-electron chi connectivity index (χ4n) is 3.37. The van der Waals surface area contributed by atoms with Crippen LogP contribution in [-0.4, -0.2) is 39.6 Å². The maximum atomic E-state index is 12.6. The quantitative estimate of drug-likeness (QED) is 0.868. The predicted molar refractivity (Wildman–Crippen MR) is 92.0 cm³/mol. The van der Waals surface area contributed by atoms with Crippen molar-refractivity contribution in [2.75, 3.05) is 13.1 Å². The van der Waals surface area contributed by atoms with Crippen molar-refractivity contribution in [1.82, 2.24) is 14.9 Å². The van der Waals surface area contributed by atoms with Crippen LogP contribution < -0.4 is 0 Å². The summed E-state index contributed by atoms with van der Waals surface area (Å²) in [5, 5.41) is 6.26. The van der Waals surface area contributed by atoms with Crippen LogP contribution in [0.2, 0.25) is 0 Å². The molecule has 5 nitrogen and oxygen atoms in total. The van der Waals surface area contributed by atoms with Crippen molar-refractivity contribution in [1.29, 1.82) is 0 Å². The Morgan fingerprint density at radius 3 is 2.67 bits per heavy atom. The monoisotopic (exact) mass is 320 g/mol. The summed E-state index contributed by atoms with van der Waals surface area (Å²) in [5.74, 6) is 0.111. The van der Waals surface area contributed by atoms with Crippen molar-refractivity contribution in [3.05, 3.63) is 66.0 Å². The van der Waals surface area contributed by atoms with E-state index >= 15 is 0 Å². The predicted octanol–water partition coefficient (Wildman–Crippen LogP) is 2.30. The average Bonchev–Trinajstić information content (AvgIpc) is 2.92. The minimum absolute atomic E-state index is 0.0336. The molecular weight excluding hydrogens is 300 g/mol. The van der Waals surface area contributed by atoms with Gasteiger partial charge < -0.3 is 0 Å². The number of aromatic nitrogens is 1. The molecule has 3 heterocycles. The van der Waals surface area contributed by atoms with E-state index in [4.69, 9.17) is 0 Å². The largest absolute Gasteiger partial charge is 0.292 e. The Kier molecular flexibility index (Phi) is 4.09. The highest BCUT2D eigenvalue weighted by Gasteiger charge is 2.39. The molecule has 4 rings (SSSR count). The van der Waals surface area contributed by atoms with Crippen LogP contribution in [0.15, 0.2) is 59.8 Å². The lowest BCUT2D eigenvalue weighted by molar-refractivity contribution is -0.132. The molecule has 2 aliphatic heterocycles. The molecule has 1 amide bonds. The Morgan fingerprint density at radius 1 is 1.04 bits per heavy atom. The zero-order valence-corrected chi connectivity index (χ0v) is 13.5. The van der Waals surface area contributed by atoms with Crippen molar-refractivity contribution < 1.29 is 4.79 Å². The first-order valence-electron chi connectivity index (χ1n) is 8.34. The number of hydrogen-bond acceptors (Lipinski definition) is 4. The van der Waals surface area contributed by atoms with Gasteiger partial charge in [-0.3, -0.25) is 14.7 Å². The minimum atomic E-state index is -0.0336. The summed E-state index contributed by atoms with van der Waals surface area (Å²) in [7, 11) is 0. The van der Waals surface area contributed by atoms with Crippen molar-refractivity contribution >= 4 is 11.6 Å². The number of likely N-dealkylation sites (tertiary alicyclic amines) is 1. The molecule has 0 spiro atoms. The van der Waals surface area contributed by atoms with E-state index in [0.717, 1.165) is 43.0 Å². The lowest BCUT2D eigenvalue weighted by Crippen LogP contribution is -2.41. The summed E-state index contributed by atoms with van der Waals surface area (Å²) in [6, 6.07) is 16.0. The number of carbonyl (C=O) groups excluding carboxylic acids is 1. The molecule has 122 valence electrons. The van der Waals surface area contributed by atoms with Crippen molar-refractivity contribution in [3.63, 3.8) is 0 Å². The SMILES string of the molecule is O=C1C2CCN(Cc3ccccn3)CC2=NN1Cc1ccccc1. The lowest BCUT2D eigenvalue weighted by Gasteiger charge is -2.28. The number of pyridine rings is 1. The molecular formula is C19H20N4O. The third-order valence-electron chi connectivity index (χ3n) is 4.61. The zero-order chi connectivity index (χ0) is 16.4. The highest BCUT2D eigenvalue weighted by atomic mass is 16.2. The van der Waals surface area contributed by atoms with E-state index in [1.807, 2.05) is 54.7 Å². The normalized spacial score (nSPS) is 20.8. The number of benzene rings is 1. The molecule has 2 aliphatic rings. The van der Waals surface area contributed by atoms with Crippen LogP contribution in [0.25, 0.3) is 0 Å². The molecule has 0 bridgehead atoms. The van der Waals surface area contributed by atoms with Gasteiger partial charge in [-0.15, -0.1) is 0 Å². The maximum Gasteiger partial charge on any atom is 0.251 e. The molecule has 0 aliphatic carbocycles. The fraction of sp³-hybridized carbons (Fsp3) is 0.316. The molecule has 1 fully saturated rings. The first-order chi connectivity index (χ1) is 11.8. The van der Waals surface area contributed by atoms with Gasteiger partial charge in [0.1, 0.15) is 0 Å². The van der Waals surface area contributed by atoms with Crippen LogP contribution in [0.1, 0.15) is 17.7 Å². The van der Waals surface area contributed by atoms with Crippen molar-refractivity contribution in [2.24, 2.45) is 11.0 Å². The second-order valence-corrected chi connectivity index (χ2v) is 6.35. The van der Waals surface area contributed by atoms with Crippen molar-refractivity contribution in [2.45, 2.75) is 19.5 Å². The zero-order valence-electron chi connectivity index (χ0n) is 13.5. The molecule has 0 saturated carbocycles. The highest BCUT2D eigenvalue weighted by Crippen LogP contribution is 2.26. The summed E-state index contributed by atoms with van der Waals surface area (Å²) in [5.41, 5.74) is 3.17. The van der Waals surface area contributed by atoms with Gasteiger partial charge in [-0.1, -0.05) is 36.4 Å². The van der Waals surface area contributed by atoms with E-state index in [1.165, 1.54) is 0 Å². The molecule has 1 aromatic heterocycles. The summed E-state index contributed by atoms with van der Waals surface area (Å²) in [6.07, 6.45) is 2.66. The number of carbonyl (C=O) groups is 1. The number of piperidine rings is 1. The molecule has 2 aromatic rings. The number of nitrogens with zero attached hydrogens (tertiary/aromatic N) is 4. The average molecular weight is 320 g/mol. The van der Waals surface area contributed by atoms with Gasteiger partial charge in [-0.05, 0) is 24.1 Å². The fourth-order valence-corrected chi connectivity index (χ4v) is 3.37. The van der Waals surface area contributed by atoms with E-state index < -0.39 is 0 Å². The summed E-state index contributed by atoms with van der Waals surface area (Å²) < 4.78 is 0. The van der Waals surface area contributed by atoms with Gasteiger partial charge in [0, 0.05) is 25.8 Å². The summed E-state index contributed by atoms with van der Waals surface area (Å²) in [6.45, 7) is 3.02. The van der Waals surface area contributed by atoms with Crippen LogP contribution in [0, 0.1) is 5.92 Å². The van der Waals surface area contributed by atoms with Crippen LogP contribution >= 0.6 is 0 Å². The minimum Gasteiger partial charge on any atom is -0.292 e. The first kappa shape index (κ1) is 15.0. The molecule has 1 saturated heterocycles. The van der Waals surface area contributed by atoms with Gasteiger partial charge >= 0.3 is 0 Å². The molecule has 0 radical (unpaired) electrons.